The summed E-state index contributed by atoms with van der Waals surface area (Å²) in [6.07, 6.45) is 0. The molecule has 0 atom stereocenters. The standard InChI is InChI=1S/C18H15NO3S2/c1-10-5-7-12(8-6-10)14-11(2)24-17(15(14)18(21)22)19-16(20)13-4-3-9-23-13/h3-9H,1-2H3,(H,19,20)(H,21,22). The maximum Gasteiger partial charge on any atom is 0.339 e. The molecule has 0 spiro atoms. The first-order valence-corrected chi connectivity index (χ1v) is 8.95. The Morgan fingerprint density at radius 2 is 1.79 bits per heavy atom. The van der Waals surface area contributed by atoms with Gasteiger partial charge in [-0.1, -0.05) is 35.9 Å². The van der Waals surface area contributed by atoms with Crippen LogP contribution in [0.25, 0.3) is 11.1 Å². The molecule has 3 rings (SSSR count). The number of aryl methyl sites for hydroxylation is 2. The minimum Gasteiger partial charge on any atom is -0.478 e. The molecule has 3 aromatic rings. The lowest BCUT2D eigenvalue weighted by atomic mass is 10.0. The van der Waals surface area contributed by atoms with Crippen LogP contribution in [0.4, 0.5) is 5.00 Å². The van der Waals surface area contributed by atoms with E-state index in [-0.39, 0.29) is 11.5 Å². The van der Waals surface area contributed by atoms with Crippen molar-refractivity contribution in [1.82, 2.24) is 0 Å². The van der Waals surface area contributed by atoms with Gasteiger partial charge in [-0.25, -0.2) is 4.79 Å². The van der Waals surface area contributed by atoms with Crippen LogP contribution in [0.2, 0.25) is 0 Å². The van der Waals surface area contributed by atoms with E-state index < -0.39 is 5.97 Å². The highest BCUT2D eigenvalue weighted by atomic mass is 32.1. The molecule has 6 heteroatoms. The van der Waals surface area contributed by atoms with E-state index in [0.29, 0.717) is 15.4 Å². The largest absolute Gasteiger partial charge is 0.478 e. The van der Waals surface area contributed by atoms with Crippen molar-refractivity contribution in [2.75, 3.05) is 5.32 Å². The van der Waals surface area contributed by atoms with Crippen molar-refractivity contribution >= 4 is 39.6 Å². The summed E-state index contributed by atoms with van der Waals surface area (Å²) < 4.78 is 0. The van der Waals surface area contributed by atoms with Crippen molar-refractivity contribution in [3.8, 4) is 11.1 Å². The Hall–Kier alpha value is -2.44. The van der Waals surface area contributed by atoms with E-state index in [9.17, 15) is 14.7 Å². The number of aromatic carboxylic acids is 1. The van der Waals surface area contributed by atoms with Gasteiger partial charge >= 0.3 is 5.97 Å². The third-order valence-corrected chi connectivity index (χ3v) is 5.50. The van der Waals surface area contributed by atoms with E-state index in [1.165, 1.54) is 22.7 Å². The summed E-state index contributed by atoms with van der Waals surface area (Å²) in [7, 11) is 0. The lowest BCUT2D eigenvalue weighted by Gasteiger charge is -2.06. The summed E-state index contributed by atoms with van der Waals surface area (Å²) in [5, 5.41) is 14.6. The molecule has 0 aliphatic carbocycles. The second-order valence-electron chi connectivity index (χ2n) is 5.34. The number of hydrogen-bond donors (Lipinski definition) is 2. The van der Waals surface area contributed by atoms with Gasteiger partial charge in [-0.15, -0.1) is 22.7 Å². The first-order chi connectivity index (χ1) is 11.5. The monoisotopic (exact) mass is 357 g/mol. The van der Waals surface area contributed by atoms with Gasteiger partial charge < -0.3 is 10.4 Å². The molecule has 0 saturated heterocycles. The predicted octanol–water partition coefficient (Wildman–Crippen LogP) is 5.04. The number of rotatable bonds is 4. The average molecular weight is 357 g/mol. The Morgan fingerprint density at radius 3 is 2.38 bits per heavy atom. The Balaban J connectivity index is 2.05. The zero-order valence-electron chi connectivity index (χ0n) is 13.1. The molecule has 1 amide bonds. The van der Waals surface area contributed by atoms with Crippen molar-refractivity contribution in [3.63, 3.8) is 0 Å². The number of carbonyl (C=O) groups is 2. The Kier molecular flexibility index (Phi) is 4.51. The zero-order valence-corrected chi connectivity index (χ0v) is 14.8. The van der Waals surface area contributed by atoms with Crippen molar-refractivity contribution in [3.05, 3.63) is 62.7 Å². The van der Waals surface area contributed by atoms with Crippen LogP contribution in [0.1, 0.15) is 30.5 Å². The van der Waals surface area contributed by atoms with E-state index in [4.69, 9.17) is 0 Å². The molecule has 0 aliphatic rings. The third kappa shape index (κ3) is 3.11. The normalized spacial score (nSPS) is 10.6. The molecule has 24 heavy (non-hydrogen) atoms. The van der Waals surface area contributed by atoms with Crippen LogP contribution >= 0.6 is 22.7 Å². The van der Waals surface area contributed by atoms with E-state index in [2.05, 4.69) is 5.32 Å². The molecular formula is C18H15NO3S2. The van der Waals surface area contributed by atoms with Gasteiger partial charge in [0.15, 0.2) is 0 Å². The third-order valence-electron chi connectivity index (χ3n) is 3.61. The minimum absolute atomic E-state index is 0.145. The molecule has 2 N–H and O–H groups in total. The van der Waals surface area contributed by atoms with Crippen LogP contribution in [-0.4, -0.2) is 17.0 Å². The van der Waals surface area contributed by atoms with Gasteiger partial charge in [-0.3, -0.25) is 4.79 Å². The molecular weight excluding hydrogens is 342 g/mol. The highest BCUT2D eigenvalue weighted by Crippen LogP contribution is 2.40. The number of hydrogen-bond acceptors (Lipinski definition) is 4. The number of anilines is 1. The summed E-state index contributed by atoms with van der Waals surface area (Å²) in [5.41, 5.74) is 2.75. The molecule has 0 radical (unpaired) electrons. The molecule has 122 valence electrons. The van der Waals surface area contributed by atoms with Gasteiger partial charge in [0.2, 0.25) is 0 Å². The van der Waals surface area contributed by atoms with E-state index >= 15 is 0 Å². The fourth-order valence-electron chi connectivity index (χ4n) is 2.48. The SMILES string of the molecule is Cc1ccc(-c2c(C)sc(NC(=O)c3cccs3)c2C(=O)O)cc1. The van der Waals surface area contributed by atoms with Crippen LogP contribution in [0.5, 0.6) is 0 Å². The minimum atomic E-state index is -1.04. The van der Waals surface area contributed by atoms with Gasteiger partial charge in [0, 0.05) is 10.4 Å². The quantitative estimate of drug-likeness (QED) is 0.687. The number of carboxylic acids is 1. The van der Waals surface area contributed by atoms with Crippen molar-refractivity contribution in [2.45, 2.75) is 13.8 Å². The van der Waals surface area contributed by atoms with E-state index in [1.54, 1.807) is 12.1 Å². The summed E-state index contributed by atoms with van der Waals surface area (Å²) in [6.45, 7) is 3.85. The molecule has 2 aromatic heterocycles. The Bertz CT molecular complexity index is 893. The lowest BCUT2D eigenvalue weighted by molar-refractivity contribution is 0.0699. The second kappa shape index (κ2) is 6.59. The molecule has 1 aromatic carbocycles. The smallest absolute Gasteiger partial charge is 0.339 e. The van der Waals surface area contributed by atoms with Gasteiger partial charge in [-0.2, -0.15) is 0 Å². The number of benzene rings is 1. The van der Waals surface area contributed by atoms with Crippen LogP contribution in [0.3, 0.4) is 0 Å². The number of amides is 1. The number of carboxylic acid groups (broad SMARTS) is 1. The molecule has 0 aliphatic heterocycles. The molecule has 0 fully saturated rings. The average Bonchev–Trinajstić information content (AvgIpc) is 3.16. The van der Waals surface area contributed by atoms with Crippen LogP contribution < -0.4 is 5.32 Å². The first kappa shape index (κ1) is 16.4. The highest BCUT2D eigenvalue weighted by Gasteiger charge is 2.24. The topological polar surface area (TPSA) is 66.4 Å². The van der Waals surface area contributed by atoms with Crippen LogP contribution in [-0.2, 0) is 0 Å². The van der Waals surface area contributed by atoms with E-state index in [1.807, 2.05) is 43.5 Å². The van der Waals surface area contributed by atoms with Crippen LogP contribution in [0, 0.1) is 13.8 Å². The van der Waals surface area contributed by atoms with E-state index in [0.717, 1.165) is 16.0 Å². The van der Waals surface area contributed by atoms with Gasteiger partial charge in [0.1, 0.15) is 10.6 Å². The van der Waals surface area contributed by atoms with Crippen molar-refractivity contribution in [1.29, 1.82) is 0 Å². The fraction of sp³-hybridized carbons (Fsp3) is 0.111. The molecule has 0 saturated carbocycles. The van der Waals surface area contributed by atoms with Crippen molar-refractivity contribution < 1.29 is 14.7 Å². The maximum atomic E-state index is 12.3. The number of carbonyl (C=O) groups excluding carboxylic acids is 1. The van der Waals surface area contributed by atoms with Crippen LogP contribution in [0.15, 0.2) is 41.8 Å². The highest BCUT2D eigenvalue weighted by molar-refractivity contribution is 7.17. The zero-order chi connectivity index (χ0) is 17.3. The van der Waals surface area contributed by atoms with Gasteiger partial charge in [0.05, 0.1) is 4.88 Å². The number of thiophene rings is 2. The number of nitrogens with one attached hydrogen (secondary N) is 1. The summed E-state index contributed by atoms with van der Waals surface area (Å²) in [4.78, 5) is 25.5. The Morgan fingerprint density at radius 1 is 1.08 bits per heavy atom. The predicted molar refractivity (Wildman–Crippen MR) is 98.5 cm³/mol. The molecule has 4 nitrogen and oxygen atoms in total. The maximum absolute atomic E-state index is 12.3. The summed E-state index contributed by atoms with van der Waals surface area (Å²) in [5.74, 6) is -1.33. The first-order valence-electron chi connectivity index (χ1n) is 7.26. The summed E-state index contributed by atoms with van der Waals surface area (Å²) in [6, 6.07) is 11.2. The molecule has 0 unspecified atom stereocenters. The molecule has 2 heterocycles. The van der Waals surface area contributed by atoms with Gasteiger partial charge in [-0.05, 0) is 30.9 Å². The van der Waals surface area contributed by atoms with Gasteiger partial charge in [0.25, 0.3) is 5.91 Å². The fourth-order valence-corrected chi connectivity index (χ4v) is 4.16. The second-order valence-corrected chi connectivity index (χ2v) is 7.51. The summed E-state index contributed by atoms with van der Waals surface area (Å²) >= 11 is 2.60. The lowest BCUT2D eigenvalue weighted by Crippen LogP contribution is -2.12. The Labute approximate surface area is 147 Å². The molecule has 0 bridgehead atoms. The van der Waals surface area contributed by atoms with Crippen molar-refractivity contribution in [2.24, 2.45) is 0 Å².